The molecule has 0 aliphatic heterocycles. The number of hydrogen-bond donors (Lipinski definition) is 2. The normalized spacial score (nSPS) is 13.0. The van der Waals surface area contributed by atoms with E-state index >= 15 is 0 Å². The zero-order chi connectivity index (χ0) is 18.5. The Hall–Kier alpha value is -3.80. The van der Waals surface area contributed by atoms with Crippen molar-refractivity contribution in [1.29, 1.82) is 0 Å². The van der Waals surface area contributed by atoms with Crippen molar-refractivity contribution in [2.45, 2.75) is 0 Å². The van der Waals surface area contributed by atoms with Gasteiger partial charge in [0.25, 0.3) is 0 Å². The van der Waals surface area contributed by atoms with Crippen molar-refractivity contribution in [3.63, 3.8) is 0 Å². The van der Waals surface area contributed by atoms with E-state index in [4.69, 9.17) is 15.5 Å². The van der Waals surface area contributed by atoms with Gasteiger partial charge in [-0.2, -0.15) is 0 Å². The molecule has 0 radical (unpaired) electrons. The van der Waals surface area contributed by atoms with E-state index in [0.717, 1.165) is 27.7 Å². The van der Waals surface area contributed by atoms with Crippen molar-refractivity contribution in [3.05, 3.63) is 61.1 Å². The Balaban J connectivity index is 1.81. The van der Waals surface area contributed by atoms with Gasteiger partial charge in [-0.1, -0.05) is 24.3 Å². The SMILES string of the molecule is COc1cncc(-c2cccc3c(N)c4c(O)n(C5=CC=C5)cc4nc23)c1. The van der Waals surface area contributed by atoms with E-state index in [-0.39, 0.29) is 5.88 Å². The Labute approximate surface area is 154 Å². The number of rotatable bonds is 3. The number of para-hydroxylation sites is 1. The quantitative estimate of drug-likeness (QED) is 0.580. The number of anilines is 1. The molecule has 1 aliphatic carbocycles. The average Bonchev–Trinajstić information content (AvgIpc) is 2.96. The monoisotopic (exact) mass is 356 g/mol. The Morgan fingerprint density at radius 1 is 1.22 bits per heavy atom. The van der Waals surface area contributed by atoms with Gasteiger partial charge in [0.1, 0.15) is 5.75 Å². The second-order valence-corrected chi connectivity index (χ2v) is 6.37. The summed E-state index contributed by atoms with van der Waals surface area (Å²) < 4.78 is 6.98. The maximum absolute atomic E-state index is 10.7. The second-order valence-electron chi connectivity index (χ2n) is 6.37. The van der Waals surface area contributed by atoms with Crippen LogP contribution in [0.1, 0.15) is 0 Å². The summed E-state index contributed by atoms with van der Waals surface area (Å²) in [5, 5.41) is 12.0. The minimum absolute atomic E-state index is 0.0981. The zero-order valence-corrected chi connectivity index (χ0v) is 14.5. The first-order valence-corrected chi connectivity index (χ1v) is 8.48. The lowest BCUT2D eigenvalue weighted by Crippen LogP contribution is -1.95. The van der Waals surface area contributed by atoms with Gasteiger partial charge in [0.2, 0.25) is 5.88 Å². The Morgan fingerprint density at radius 2 is 2.07 bits per heavy atom. The van der Waals surface area contributed by atoms with Gasteiger partial charge in [0.05, 0.1) is 35.4 Å². The van der Waals surface area contributed by atoms with E-state index in [2.05, 4.69) is 4.98 Å². The molecule has 4 aromatic rings. The number of ether oxygens (including phenoxy) is 1. The van der Waals surface area contributed by atoms with Gasteiger partial charge < -0.3 is 15.6 Å². The third-order valence-corrected chi connectivity index (χ3v) is 4.86. The number of aromatic nitrogens is 3. The van der Waals surface area contributed by atoms with E-state index in [1.54, 1.807) is 30.3 Å². The average molecular weight is 356 g/mol. The number of benzene rings is 1. The molecule has 0 saturated heterocycles. The van der Waals surface area contributed by atoms with Crippen LogP contribution in [0.25, 0.3) is 38.6 Å². The van der Waals surface area contributed by atoms with Gasteiger partial charge in [-0.25, -0.2) is 4.98 Å². The van der Waals surface area contributed by atoms with Gasteiger partial charge in [0.15, 0.2) is 0 Å². The number of nitrogens with two attached hydrogens (primary N) is 1. The maximum atomic E-state index is 10.7. The summed E-state index contributed by atoms with van der Waals surface area (Å²) in [6.45, 7) is 0. The standard InChI is InChI=1S/C21H16N4O2/c1-27-14-8-12(9-23-10-14)15-6-3-7-16-19(22)18-17(24-20(15)16)11-25(21(18)26)13-4-2-5-13/h2-11,26H,22H2,1H3. The maximum Gasteiger partial charge on any atom is 0.207 e. The van der Waals surface area contributed by atoms with Crippen LogP contribution >= 0.6 is 0 Å². The number of hydrogen-bond acceptors (Lipinski definition) is 5. The van der Waals surface area contributed by atoms with Crippen molar-refractivity contribution in [1.82, 2.24) is 14.5 Å². The number of nitrogens with zero attached hydrogens (tertiary/aromatic N) is 3. The van der Waals surface area contributed by atoms with E-state index in [1.807, 2.05) is 42.5 Å². The largest absolute Gasteiger partial charge is 0.495 e. The topological polar surface area (TPSA) is 86.2 Å². The predicted octanol–water partition coefficient (Wildman–Crippen LogP) is 3.96. The Morgan fingerprint density at radius 3 is 2.81 bits per heavy atom. The highest BCUT2D eigenvalue weighted by Crippen LogP contribution is 2.40. The first kappa shape index (κ1) is 15.5. The fourth-order valence-electron chi connectivity index (χ4n) is 3.41. The summed E-state index contributed by atoms with van der Waals surface area (Å²) in [7, 11) is 1.61. The molecular formula is C21H16N4O2. The summed E-state index contributed by atoms with van der Waals surface area (Å²) >= 11 is 0. The molecule has 5 rings (SSSR count). The molecule has 3 N–H and O–H groups in total. The third kappa shape index (κ3) is 2.20. The molecular weight excluding hydrogens is 340 g/mol. The van der Waals surface area contributed by atoms with Crippen molar-refractivity contribution in [3.8, 4) is 22.8 Å². The molecule has 0 unspecified atom stereocenters. The number of fused-ring (bicyclic) bond motifs is 2. The molecule has 0 fully saturated rings. The molecule has 132 valence electrons. The van der Waals surface area contributed by atoms with Crippen LogP contribution in [0.2, 0.25) is 0 Å². The highest BCUT2D eigenvalue weighted by molar-refractivity contribution is 6.12. The van der Waals surface area contributed by atoms with Gasteiger partial charge in [0, 0.05) is 34.6 Å². The van der Waals surface area contributed by atoms with Crippen LogP contribution in [-0.4, -0.2) is 26.8 Å². The van der Waals surface area contributed by atoms with Crippen LogP contribution in [0.4, 0.5) is 5.69 Å². The smallest absolute Gasteiger partial charge is 0.207 e. The van der Waals surface area contributed by atoms with Crippen LogP contribution in [-0.2, 0) is 0 Å². The lowest BCUT2D eigenvalue weighted by Gasteiger charge is -2.10. The highest BCUT2D eigenvalue weighted by atomic mass is 16.5. The van der Waals surface area contributed by atoms with Crippen LogP contribution < -0.4 is 10.5 Å². The second kappa shape index (κ2) is 5.60. The molecule has 0 atom stereocenters. The molecule has 1 aliphatic rings. The van der Waals surface area contributed by atoms with E-state index in [9.17, 15) is 5.11 Å². The number of nitrogen functional groups attached to an aromatic ring is 1. The fraction of sp³-hybridized carbons (Fsp3) is 0.0476. The summed E-state index contributed by atoms with van der Waals surface area (Å²) in [4.78, 5) is 9.05. The van der Waals surface area contributed by atoms with Crippen molar-refractivity contribution in [2.24, 2.45) is 0 Å². The first-order chi connectivity index (χ1) is 13.2. The van der Waals surface area contributed by atoms with Gasteiger partial charge in [-0.15, -0.1) is 0 Å². The lowest BCUT2D eigenvalue weighted by molar-refractivity contribution is 0.413. The Kier molecular flexibility index (Phi) is 3.21. The lowest BCUT2D eigenvalue weighted by atomic mass is 10.0. The highest BCUT2D eigenvalue weighted by Gasteiger charge is 2.19. The summed E-state index contributed by atoms with van der Waals surface area (Å²) in [6, 6.07) is 7.72. The van der Waals surface area contributed by atoms with Crippen LogP contribution in [0, 0.1) is 0 Å². The van der Waals surface area contributed by atoms with E-state index in [0.29, 0.717) is 22.3 Å². The molecule has 1 aromatic carbocycles. The molecule has 6 heteroatoms. The van der Waals surface area contributed by atoms with Gasteiger partial charge in [-0.05, 0) is 18.2 Å². The van der Waals surface area contributed by atoms with Crippen LogP contribution in [0.15, 0.2) is 61.1 Å². The predicted molar refractivity (Wildman–Crippen MR) is 107 cm³/mol. The molecule has 0 bridgehead atoms. The minimum atomic E-state index is 0.0981. The summed E-state index contributed by atoms with van der Waals surface area (Å²) in [6.07, 6.45) is 11.0. The number of methoxy groups -OCH3 is 1. The van der Waals surface area contributed by atoms with E-state index < -0.39 is 0 Å². The van der Waals surface area contributed by atoms with Crippen LogP contribution in [0.3, 0.4) is 0 Å². The molecule has 3 heterocycles. The molecule has 6 nitrogen and oxygen atoms in total. The van der Waals surface area contributed by atoms with E-state index in [1.165, 1.54) is 0 Å². The molecule has 0 saturated carbocycles. The zero-order valence-electron chi connectivity index (χ0n) is 14.5. The Bertz CT molecular complexity index is 1280. The number of allylic oxidation sites excluding steroid dienone is 4. The molecule has 0 amide bonds. The van der Waals surface area contributed by atoms with Crippen molar-refractivity contribution >= 4 is 33.2 Å². The molecule has 0 spiro atoms. The third-order valence-electron chi connectivity index (χ3n) is 4.86. The van der Waals surface area contributed by atoms with Gasteiger partial charge in [-0.3, -0.25) is 9.55 Å². The number of aromatic hydroxyl groups is 1. The van der Waals surface area contributed by atoms with Crippen molar-refractivity contribution < 1.29 is 9.84 Å². The minimum Gasteiger partial charge on any atom is -0.495 e. The fourth-order valence-corrected chi connectivity index (χ4v) is 3.41. The summed E-state index contributed by atoms with van der Waals surface area (Å²) in [5.74, 6) is 0.770. The molecule has 27 heavy (non-hydrogen) atoms. The summed E-state index contributed by atoms with van der Waals surface area (Å²) in [5.41, 5.74) is 11.0. The molecule has 3 aromatic heterocycles. The van der Waals surface area contributed by atoms with Crippen LogP contribution in [0.5, 0.6) is 11.6 Å². The van der Waals surface area contributed by atoms with Crippen molar-refractivity contribution in [2.75, 3.05) is 12.8 Å². The van der Waals surface area contributed by atoms with Gasteiger partial charge >= 0.3 is 0 Å². The number of pyridine rings is 2. The first-order valence-electron chi connectivity index (χ1n) is 8.48.